The van der Waals surface area contributed by atoms with E-state index in [0.717, 1.165) is 32.7 Å². The Hall–Kier alpha value is -0.120. The lowest BCUT2D eigenvalue weighted by Crippen LogP contribution is -2.36. The first-order valence-corrected chi connectivity index (χ1v) is 6.78. The van der Waals surface area contributed by atoms with Gasteiger partial charge in [0.15, 0.2) is 0 Å². The first-order valence-electron chi connectivity index (χ1n) is 6.78. The van der Waals surface area contributed by atoms with Gasteiger partial charge in [0.1, 0.15) is 0 Å². The predicted octanol–water partition coefficient (Wildman–Crippen LogP) is 1.72. The van der Waals surface area contributed by atoms with E-state index in [1.807, 2.05) is 0 Å². The summed E-state index contributed by atoms with van der Waals surface area (Å²) in [6.45, 7) is 12.2. The molecule has 0 radical (unpaired) electrons. The van der Waals surface area contributed by atoms with Crippen molar-refractivity contribution >= 4 is 0 Å². The zero-order chi connectivity index (χ0) is 12.2. The molecule has 0 aromatic carbocycles. The predicted molar refractivity (Wildman–Crippen MR) is 70.8 cm³/mol. The van der Waals surface area contributed by atoms with Gasteiger partial charge >= 0.3 is 0 Å². The summed E-state index contributed by atoms with van der Waals surface area (Å²) in [5.41, 5.74) is 0. The van der Waals surface area contributed by atoms with E-state index in [-0.39, 0.29) is 6.61 Å². The van der Waals surface area contributed by atoms with Gasteiger partial charge in [0.05, 0.1) is 6.61 Å². The lowest BCUT2D eigenvalue weighted by atomic mass is 10.1. The summed E-state index contributed by atoms with van der Waals surface area (Å²) in [5, 5.41) is 12.5. The molecule has 0 heterocycles. The molecule has 1 unspecified atom stereocenters. The van der Waals surface area contributed by atoms with Gasteiger partial charge in [-0.05, 0) is 38.4 Å². The summed E-state index contributed by atoms with van der Waals surface area (Å²) >= 11 is 0. The van der Waals surface area contributed by atoms with E-state index in [4.69, 9.17) is 5.11 Å². The number of aliphatic hydroxyl groups is 1. The topological polar surface area (TPSA) is 35.5 Å². The minimum Gasteiger partial charge on any atom is -0.395 e. The summed E-state index contributed by atoms with van der Waals surface area (Å²) in [5.74, 6) is 0.662. The lowest BCUT2D eigenvalue weighted by molar-refractivity contribution is 0.175. The maximum Gasteiger partial charge on any atom is 0.0558 e. The molecule has 0 fully saturated rings. The van der Waals surface area contributed by atoms with Crippen LogP contribution < -0.4 is 5.32 Å². The standard InChI is InChI=1S/C13H30N2O/c1-4-6-8-15(9-10-16)12-13(3)11-14-7-5-2/h13-14,16H,4-12H2,1-3H3. The summed E-state index contributed by atoms with van der Waals surface area (Å²) in [6.07, 6.45) is 3.66. The maximum absolute atomic E-state index is 9.01. The number of aliphatic hydroxyl groups excluding tert-OH is 1. The van der Waals surface area contributed by atoms with Crippen LogP contribution in [0.1, 0.15) is 40.0 Å². The zero-order valence-corrected chi connectivity index (χ0v) is 11.3. The van der Waals surface area contributed by atoms with Crippen molar-refractivity contribution in [1.29, 1.82) is 0 Å². The molecule has 0 amide bonds. The number of hydrogen-bond donors (Lipinski definition) is 2. The number of rotatable bonds is 11. The quantitative estimate of drug-likeness (QED) is 0.531. The van der Waals surface area contributed by atoms with Crippen molar-refractivity contribution in [3.05, 3.63) is 0 Å². The fourth-order valence-corrected chi connectivity index (χ4v) is 1.85. The van der Waals surface area contributed by atoms with Crippen LogP contribution in [-0.4, -0.2) is 49.3 Å². The fraction of sp³-hybridized carbons (Fsp3) is 1.00. The molecule has 0 aliphatic carbocycles. The molecule has 0 spiro atoms. The van der Waals surface area contributed by atoms with Crippen LogP contribution in [0.25, 0.3) is 0 Å². The molecule has 3 heteroatoms. The van der Waals surface area contributed by atoms with E-state index < -0.39 is 0 Å². The largest absolute Gasteiger partial charge is 0.395 e. The van der Waals surface area contributed by atoms with Crippen molar-refractivity contribution in [3.8, 4) is 0 Å². The molecule has 3 nitrogen and oxygen atoms in total. The molecule has 0 aliphatic rings. The Kier molecular flexibility index (Phi) is 11.3. The first kappa shape index (κ1) is 15.9. The van der Waals surface area contributed by atoms with Crippen molar-refractivity contribution in [2.24, 2.45) is 5.92 Å². The molecular weight excluding hydrogens is 200 g/mol. The number of nitrogens with one attached hydrogen (secondary N) is 1. The third kappa shape index (κ3) is 9.13. The van der Waals surface area contributed by atoms with Crippen molar-refractivity contribution < 1.29 is 5.11 Å². The third-order valence-electron chi connectivity index (χ3n) is 2.73. The van der Waals surface area contributed by atoms with Crippen LogP contribution in [0.5, 0.6) is 0 Å². The minimum absolute atomic E-state index is 0.277. The van der Waals surface area contributed by atoms with Crippen molar-refractivity contribution in [2.45, 2.75) is 40.0 Å². The summed E-state index contributed by atoms with van der Waals surface area (Å²) in [4.78, 5) is 2.38. The molecule has 0 saturated carbocycles. The second-order valence-electron chi connectivity index (χ2n) is 4.69. The van der Waals surface area contributed by atoms with Crippen molar-refractivity contribution in [2.75, 3.05) is 39.3 Å². The van der Waals surface area contributed by atoms with E-state index in [2.05, 4.69) is 31.0 Å². The van der Waals surface area contributed by atoms with Crippen LogP contribution in [0.3, 0.4) is 0 Å². The Morgan fingerprint density at radius 3 is 2.50 bits per heavy atom. The van der Waals surface area contributed by atoms with E-state index in [0.29, 0.717) is 5.92 Å². The number of nitrogens with zero attached hydrogens (tertiary/aromatic N) is 1. The molecule has 0 rings (SSSR count). The van der Waals surface area contributed by atoms with Crippen molar-refractivity contribution in [1.82, 2.24) is 10.2 Å². The van der Waals surface area contributed by atoms with Crippen LogP contribution >= 0.6 is 0 Å². The second-order valence-corrected chi connectivity index (χ2v) is 4.69. The minimum atomic E-state index is 0.277. The summed E-state index contributed by atoms with van der Waals surface area (Å²) < 4.78 is 0. The zero-order valence-electron chi connectivity index (χ0n) is 11.3. The first-order chi connectivity index (χ1) is 7.74. The Labute approximate surface area is 101 Å². The normalized spacial score (nSPS) is 13.3. The van der Waals surface area contributed by atoms with E-state index in [1.54, 1.807) is 0 Å². The van der Waals surface area contributed by atoms with Gasteiger partial charge in [0, 0.05) is 13.1 Å². The van der Waals surface area contributed by atoms with Gasteiger partial charge in [0.2, 0.25) is 0 Å². The smallest absolute Gasteiger partial charge is 0.0558 e. The fourth-order valence-electron chi connectivity index (χ4n) is 1.85. The van der Waals surface area contributed by atoms with Gasteiger partial charge in [0.25, 0.3) is 0 Å². The highest BCUT2D eigenvalue weighted by Crippen LogP contribution is 2.01. The molecule has 0 saturated heterocycles. The maximum atomic E-state index is 9.01. The highest BCUT2D eigenvalue weighted by molar-refractivity contribution is 4.64. The lowest BCUT2D eigenvalue weighted by Gasteiger charge is -2.25. The average Bonchev–Trinajstić information content (AvgIpc) is 2.26. The summed E-state index contributed by atoms with van der Waals surface area (Å²) in [6, 6.07) is 0. The molecule has 0 aliphatic heterocycles. The molecule has 1 atom stereocenters. The van der Waals surface area contributed by atoms with Crippen LogP contribution in [-0.2, 0) is 0 Å². The van der Waals surface area contributed by atoms with Crippen LogP contribution in [0.2, 0.25) is 0 Å². The van der Waals surface area contributed by atoms with Gasteiger partial charge in [-0.2, -0.15) is 0 Å². The Morgan fingerprint density at radius 2 is 1.94 bits per heavy atom. The average molecular weight is 230 g/mol. The Balaban J connectivity index is 3.68. The molecule has 16 heavy (non-hydrogen) atoms. The van der Waals surface area contributed by atoms with Gasteiger partial charge in [-0.3, -0.25) is 0 Å². The third-order valence-corrected chi connectivity index (χ3v) is 2.73. The van der Waals surface area contributed by atoms with Gasteiger partial charge in [-0.1, -0.05) is 27.2 Å². The molecular formula is C13H30N2O. The molecule has 0 aromatic heterocycles. The van der Waals surface area contributed by atoms with E-state index >= 15 is 0 Å². The van der Waals surface area contributed by atoms with Crippen LogP contribution in [0, 0.1) is 5.92 Å². The molecule has 2 N–H and O–H groups in total. The number of unbranched alkanes of at least 4 members (excludes halogenated alkanes) is 1. The van der Waals surface area contributed by atoms with E-state index in [9.17, 15) is 0 Å². The molecule has 0 bridgehead atoms. The van der Waals surface area contributed by atoms with E-state index in [1.165, 1.54) is 19.3 Å². The highest BCUT2D eigenvalue weighted by Gasteiger charge is 2.08. The summed E-state index contributed by atoms with van der Waals surface area (Å²) in [7, 11) is 0. The number of hydrogen-bond acceptors (Lipinski definition) is 3. The molecule has 98 valence electrons. The highest BCUT2D eigenvalue weighted by atomic mass is 16.3. The van der Waals surface area contributed by atoms with Gasteiger partial charge < -0.3 is 15.3 Å². The Bertz CT molecular complexity index is 142. The van der Waals surface area contributed by atoms with Gasteiger partial charge in [-0.25, -0.2) is 0 Å². The molecule has 0 aromatic rings. The second kappa shape index (κ2) is 11.4. The monoisotopic (exact) mass is 230 g/mol. The Morgan fingerprint density at radius 1 is 1.19 bits per heavy atom. The van der Waals surface area contributed by atoms with Crippen molar-refractivity contribution in [3.63, 3.8) is 0 Å². The SMILES string of the molecule is CCCCN(CCO)CC(C)CNCCC. The van der Waals surface area contributed by atoms with Crippen LogP contribution in [0.4, 0.5) is 0 Å². The van der Waals surface area contributed by atoms with Crippen LogP contribution in [0.15, 0.2) is 0 Å². The van der Waals surface area contributed by atoms with Gasteiger partial charge in [-0.15, -0.1) is 0 Å².